The van der Waals surface area contributed by atoms with Gasteiger partial charge in [-0.1, -0.05) is 6.08 Å². The first-order chi connectivity index (χ1) is 8.16. The van der Waals surface area contributed by atoms with Crippen LogP contribution in [0.25, 0.3) is 0 Å². The first-order valence-electron chi connectivity index (χ1n) is 7.08. The maximum Gasteiger partial charge on any atom is 0.0285 e. The summed E-state index contributed by atoms with van der Waals surface area (Å²) in [6, 6.07) is 0. The quantitative estimate of drug-likeness (QED) is 0.640. The zero-order chi connectivity index (χ0) is 12.0. The van der Waals surface area contributed by atoms with Gasteiger partial charge in [-0.25, -0.2) is 0 Å². The van der Waals surface area contributed by atoms with Gasteiger partial charge in [0.05, 0.1) is 0 Å². The molecule has 92 valence electrons. The zero-order valence-electron chi connectivity index (χ0n) is 11.1. The molecule has 0 aromatic carbocycles. The Morgan fingerprint density at radius 3 is 2.65 bits per heavy atom. The molecule has 0 saturated heterocycles. The molecule has 0 aromatic rings. The summed E-state index contributed by atoms with van der Waals surface area (Å²) in [5.74, 6) is 1.72. The Bertz CT molecular complexity index is 409. The van der Waals surface area contributed by atoms with E-state index >= 15 is 0 Å². The molecule has 1 N–H and O–H groups in total. The highest BCUT2D eigenvalue weighted by Gasteiger charge is 2.57. The monoisotopic (exact) mass is 229 g/mol. The van der Waals surface area contributed by atoms with Crippen LogP contribution in [-0.2, 0) is 0 Å². The van der Waals surface area contributed by atoms with Gasteiger partial charge >= 0.3 is 0 Å². The molecule has 3 aliphatic carbocycles. The van der Waals surface area contributed by atoms with Gasteiger partial charge in [0.15, 0.2) is 0 Å². The van der Waals surface area contributed by atoms with Crippen LogP contribution in [-0.4, -0.2) is 5.71 Å². The van der Waals surface area contributed by atoms with E-state index in [1.165, 1.54) is 49.7 Å². The third-order valence-corrected chi connectivity index (χ3v) is 5.25. The van der Waals surface area contributed by atoms with Gasteiger partial charge in [-0.15, -0.1) is 0 Å². The van der Waals surface area contributed by atoms with Gasteiger partial charge in [-0.2, -0.15) is 0 Å². The zero-order valence-corrected chi connectivity index (χ0v) is 11.1. The molecule has 1 heteroatoms. The lowest BCUT2D eigenvalue weighted by Crippen LogP contribution is -2.24. The van der Waals surface area contributed by atoms with Crippen LogP contribution in [0.3, 0.4) is 0 Å². The Hall–Kier alpha value is -0.850. The second-order valence-corrected chi connectivity index (χ2v) is 6.27. The molecular weight excluding hydrogens is 206 g/mol. The van der Waals surface area contributed by atoms with Crippen LogP contribution in [0.15, 0.2) is 23.3 Å². The third kappa shape index (κ3) is 1.71. The van der Waals surface area contributed by atoms with Gasteiger partial charge in [-0.3, -0.25) is 0 Å². The molecule has 0 amide bonds. The van der Waals surface area contributed by atoms with E-state index in [0.29, 0.717) is 5.41 Å². The number of allylic oxidation sites excluding steroid dienone is 4. The summed E-state index contributed by atoms with van der Waals surface area (Å²) in [6.07, 6.45) is 12.9. The highest BCUT2D eigenvalue weighted by molar-refractivity contribution is 5.91. The predicted octanol–water partition coefficient (Wildman–Crippen LogP) is 4.50. The van der Waals surface area contributed by atoms with Gasteiger partial charge in [0.1, 0.15) is 0 Å². The van der Waals surface area contributed by atoms with Gasteiger partial charge in [0.25, 0.3) is 0 Å². The second-order valence-electron chi connectivity index (χ2n) is 6.27. The molecule has 3 fully saturated rings. The topological polar surface area (TPSA) is 23.9 Å². The van der Waals surface area contributed by atoms with Crippen molar-refractivity contribution >= 4 is 5.71 Å². The second kappa shape index (κ2) is 3.83. The van der Waals surface area contributed by atoms with Crippen LogP contribution < -0.4 is 0 Å². The SMILES string of the molecule is C/C=C1/CCC2CCC3(CC3)C2/C1=C/C(C)=N. The Labute approximate surface area is 105 Å². The maximum atomic E-state index is 7.79. The first kappa shape index (κ1) is 11.3. The largest absolute Gasteiger partial charge is 0.306 e. The summed E-state index contributed by atoms with van der Waals surface area (Å²) in [7, 11) is 0. The van der Waals surface area contributed by atoms with Crippen LogP contribution in [0, 0.1) is 22.7 Å². The highest BCUT2D eigenvalue weighted by Crippen LogP contribution is 2.68. The third-order valence-electron chi connectivity index (χ3n) is 5.25. The van der Waals surface area contributed by atoms with Crippen molar-refractivity contribution < 1.29 is 0 Å². The molecular formula is C16H23N. The molecule has 3 saturated carbocycles. The Kier molecular flexibility index (Phi) is 2.53. The Morgan fingerprint density at radius 1 is 1.29 bits per heavy atom. The molecule has 17 heavy (non-hydrogen) atoms. The summed E-state index contributed by atoms with van der Waals surface area (Å²) in [6.45, 7) is 4.08. The maximum absolute atomic E-state index is 7.79. The van der Waals surface area contributed by atoms with Crippen molar-refractivity contribution in [3.8, 4) is 0 Å². The van der Waals surface area contributed by atoms with E-state index in [-0.39, 0.29) is 0 Å². The predicted molar refractivity (Wildman–Crippen MR) is 72.4 cm³/mol. The van der Waals surface area contributed by atoms with Crippen molar-refractivity contribution in [2.45, 2.75) is 52.4 Å². The van der Waals surface area contributed by atoms with E-state index in [2.05, 4.69) is 19.1 Å². The standard InChI is InChI=1S/C16H23N/c1-3-12-4-5-13-6-7-16(8-9-16)15(13)14(12)10-11(2)17/h3,10,13,15,17H,4-9H2,1-2H3/b12-3-,14-10+,17-11?. The summed E-state index contributed by atoms with van der Waals surface area (Å²) >= 11 is 0. The number of hydrogen-bond donors (Lipinski definition) is 1. The molecule has 3 aliphatic rings. The molecule has 0 heterocycles. The summed E-state index contributed by atoms with van der Waals surface area (Å²) in [5, 5.41) is 7.79. The van der Waals surface area contributed by atoms with E-state index < -0.39 is 0 Å². The smallest absolute Gasteiger partial charge is 0.0285 e. The minimum absolute atomic E-state index is 0.667. The van der Waals surface area contributed by atoms with Gasteiger partial charge < -0.3 is 5.41 Å². The van der Waals surface area contributed by atoms with Gasteiger partial charge in [0.2, 0.25) is 0 Å². The average molecular weight is 229 g/mol. The van der Waals surface area contributed by atoms with Crippen molar-refractivity contribution in [2.75, 3.05) is 0 Å². The van der Waals surface area contributed by atoms with Gasteiger partial charge in [-0.05, 0) is 86.8 Å². The van der Waals surface area contributed by atoms with Gasteiger partial charge in [0, 0.05) is 5.71 Å². The summed E-state index contributed by atoms with van der Waals surface area (Å²) in [4.78, 5) is 0. The van der Waals surface area contributed by atoms with Crippen LogP contribution in [0.5, 0.6) is 0 Å². The van der Waals surface area contributed by atoms with E-state index in [9.17, 15) is 0 Å². The molecule has 3 rings (SSSR count). The van der Waals surface area contributed by atoms with E-state index in [0.717, 1.165) is 17.5 Å². The lowest BCUT2D eigenvalue weighted by atomic mass is 9.70. The molecule has 2 unspecified atom stereocenters. The number of nitrogens with one attached hydrogen (secondary N) is 1. The fraction of sp³-hybridized carbons (Fsp3) is 0.688. The first-order valence-corrected chi connectivity index (χ1v) is 7.08. The van der Waals surface area contributed by atoms with Crippen molar-refractivity contribution in [1.29, 1.82) is 5.41 Å². The van der Waals surface area contributed by atoms with E-state index in [4.69, 9.17) is 5.41 Å². The van der Waals surface area contributed by atoms with Crippen molar-refractivity contribution in [1.82, 2.24) is 0 Å². The number of rotatable bonds is 1. The lowest BCUT2D eigenvalue weighted by molar-refractivity contribution is 0.310. The van der Waals surface area contributed by atoms with Crippen molar-refractivity contribution in [3.63, 3.8) is 0 Å². The van der Waals surface area contributed by atoms with E-state index in [1.54, 1.807) is 0 Å². The van der Waals surface area contributed by atoms with E-state index in [1.807, 2.05) is 6.92 Å². The Balaban J connectivity index is 2.01. The molecule has 0 aliphatic heterocycles. The molecule has 1 spiro atoms. The molecule has 1 nitrogen and oxygen atoms in total. The molecule has 0 aromatic heterocycles. The number of hydrogen-bond acceptors (Lipinski definition) is 1. The molecule has 2 atom stereocenters. The lowest BCUT2D eigenvalue weighted by Gasteiger charge is -2.34. The summed E-state index contributed by atoms with van der Waals surface area (Å²) in [5.41, 5.74) is 4.46. The van der Waals surface area contributed by atoms with Crippen LogP contribution in [0.4, 0.5) is 0 Å². The minimum Gasteiger partial charge on any atom is -0.306 e. The minimum atomic E-state index is 0.667. The van der Waals surface area contributed by atoms with Crippen LogP contribution in [0.1, 0.15) is 52.4 Å². The molecule has 0 radical (unpaired) electrons. The number of fused-ring (bicyclic) bond motifs is 2. The van der Waals surface area contributed by atoms with Crippen molar-refractivity contribution in [2.24, 2.45) is 17.3 Å². The fourth-order valence-electron chi connectivity index (χ4n) is 4.32. The normalized spacial score (nSPS) is 38.7. The molecule has 0 bridgehead atoms. The average Bonchev–Trinajstić information content (AvgIpc) is 2.96. The van der Waals surface area contributed by atoms with Crippen molar-refractivity contribution in [3.05, 3.63) is 23.3 Å². The fourth-order valence-corrected chi connectivity index (χ4v) is 4.32. The van der Waals surface area contributed by atoms with Crippen LogP contribution in [0.2, 0.25) is 0 Å². The summed E-state index contributed by atoms with van der Waals surface area (Å²) < 4.78 is 0. The van der Waals surface area contributed by atoms with Crippen LogP contribution >= 0.6 is 0 Å². The Morgan fingerprint density at radius 2 is 2.06 bits per heavy atom. The highest BCUT2D eigenvalue weighted by atomic mass is 14.6.